The molecular weight excluding hydrogens is 562 g/mol. The Bertz CT molecular complexity index is 1470. The number of rotatable bonds is 5. The molecule has 1 N–H and O–H groups in total. The first-order valence-electron chi connectivity index (χ1n) is 15.9. The van der Waals surface area contributed by atoms with Crippen LogP contribution in [0.3, 0.4) is 0 Å². The van der Waals surface area contributed by atoms with E-state index in [1.807, 2.05) is 31.7 Å². The monoisotopic (exact) mass is 607 g/mol. The Hall–Kier alpha value is -3.19. The summed E-state index contributed by atoms with van der Waals surface area (Å²) in [4.78, 5) is 29.5. The van der Waals surface area contributed by atoms with Crippen molar-refractivity contribution < 1.29 is 19.4 Å². The minimum Gasteiger partial charge on any atom is -0.478 e. The predicted octanol–water partition coefficient (Wildman–Crippen LogP) is 8.48. The molecule has 1 saturated heterocycles. The molecule has 3 aromatic rings. The summed E-state index contributed by atoms with van der Waals surface area (Å²) in [6.07, 6.45) is 9.99. The van der Waals surface area contributed by atoms with Gasteiger partial charge in [-0.3, -0.25) is 0 Å². The van der Waals surface area contributed by atoms with Crippen LogP contribution in [0, 0.1) is 0 Å². The van der Waals surface area contributed by atoms with E-state index in [-0.39, 0.29) is 24.5 Å². The SMILES string of the molecule is CC(C)(C)OC(=O)N1CCCCC1CCN1CCn2c(c(C3CCCCC3)c3ccc(C(=O)O)cc32)-c2ccccc21.Cl. The Balaban J connectivity index is 0.00000368. The highest BCUT2D eigenvalue weighted by Gasteiger charge is 2.33. The molecule has 2 aliphatic heterocycles. The van der Waals surface area contributed by atoms with Crippen molar-refractivity contribution in [2.24, 2.45) is 0 Å². The second kappa shape index (κ2) is 12.8. The van der Waals surface area contributed by atoms with Crippen molar-refractivity contribution in [1.29, 1.82) is 0 Å². The quantitative estimate of drug-likeness (QED) is 0.315. The van der Waals surface area contributed by atoms with Gasteiger partial charge in [0.1, 0.15) is 5.60 Å². The van der Waals surface area contributed by atoms with Crippen molar-refractivity contribution in [2.45, 2.75) is 103 Å². The molecule has 232 valence electrons. The number of para-hydroxylation sites is 1. The average Bonchev–Trinajstić information content (AvgIpc) is 3.21. The lowest BCUT2D eigenvalue weighted by atomic mass is 9.81. The van der Waals surface area contributed by atoms with Crippen LogP contribution < -0.4 is 4.90 Å². The summed E-state index contributed by atoms with van der Waals surface area (Å²) in [6, 6.07) is 14.6. The van der Waals surface area contributed by atoms with Crippen molar-refractivity contribution in [2.75, 3.05) is 24.5 Å². The maximum Gasteiger partial charge on any atom is 0.410 e. The van der Waals surface area contributed by atoms with E-state index in [0.717, 1.165) is 57.4 Å². The van der Waals surface area contributed by atoms with E-state index < -0.39 is 11.6 Å². The van der Waals surface area contributed by atoms with Gasteiger partial charge in [-0.15, -0.1) is 12.4 Å². The zero-order chi connectivity index (χ0) is 29.4. The van der Waals surface area contributed by atoms with Gasteiger partial charge in [-0.05, 0) is 89.0 Å². The van der Waals surface area contributed by atoms with Crippen molar-refractivity contribution in [3.63, 3.8) is 0 Å². The lowest BCUT2D eigenvalue weighted by Gasteiger charge is -2.38. The van der Waals surface area contributed by atoms with Crippen molar-refractivity contribution in [1.82, 2.24) is 9.47 Å². The third-order valence-electron chi connectivity index (χ3n) is 9.44. The van der Waals surface area contributed by atoms with Gasteiger partial charge in [0.15, 0.2) is 0 Å². The fourth-order valence-electron chi connectivity index (χ4n) is 7.53. The number of hydrogen-bond acceptors (Lipinski definition) is 4. The van der Waals surface area contributed by atoms with Crippen LogP contribution in [0.1, 0.15) is 100 Å². The van der Waals surface area contributed by atoms with Gasteiger partial charge >= 0.3 is 12.1 Å². The first-order chi connectivity index (χ1) is 20.2. The van der Waals surface area contributed by atoms with Crippen LogP contribution in [0.2, 0.25) is 0 Å². The number of aromatic nitrogens is 1. The normalized spacial score (nSPS) is 19.3. The molecule has 2 fully saturated rings. The van der Waals surface area contributed by atoms with Gasteiger partial charge < -0.3 is 24.2 Å². The van der Waals surface area contributed by atoms with Crippen LogP contribution in [0.25, 0.3) is 22.2 Å². The molecule has 1 unspecified atom stereocenters. The smallest absolute Gasteiger partial charge is 0.410 e. The van der Waals surface area contributed by atoms with Gasteiger partial charge in [-0.2, -0.15) is 0 Å². The number of fused-ring (bicyclic) bond motifs is 5. The van der Waals surface area contributed by atoms with E-state index >= 15 is 0 Å². The van der Waals surface area contributed by atoms with Gasteiger partial charge in [-0.25, -0.2) is 9.59 Å². The molecule has 0 bridgehead atoms. The first kappa shape index (κ1) is 31.2. The predicted molar refractivity (Wildman–Crippen MR) is 175 cm³/mol. The van der Waals surface area contributed by atoms with Crippen LogP contribution in [0.15, 0.2) is 42.5 Å². The summed E-state index contributed by atoms with van der Waals surface area (Å²) in [7, 11) is 0. The lowest BCUT2D eigenvalue weighted by Crippen LogP contribution is -2.47. The molecular formula is C35H46ClN3O4. The summed E-state index contributed by atoms with van der Waals surface area (Å²) in [6.45, 7) is 9.01. The zero-order valence-corrected chi connectivity index (χ0v) is 26.6. The van der Waals surface area contributed by atoms with E-state index in [1.165, 1.54) is 60.0 Å². The zero-order valence-electron chi connectivity index (χ0n) is 25.8. The summed E-state index contributed by atoms with van der Waals surface area (Å²) >= 11 is 0. The number of carbonyl (C=O) groups excluding carboxylic acids is 1. The Morgan fingerprint density at radius 2 is 1.67 bits per heavy atom. The summed E-state index contributed by atoms with van der Waals surface area (Å²) in [5.41, 5.74) is 6.00. The highest BCUT2D eigenvalue weighted by atomic mass is 35.5. The van der Waals surface area contributed by atoms with Crippen LogP contribution in [0.5, 0.6) is 0 Å². The molecule has 7 nitrogen and oxygen atoms in total. The van der Waals surface area contributed by atoms with Crippen LogP contribution >= 0.6 is 12.4 Å². The minimum absolute atomic E-state index is 0. The number of carboxylic acid groups (broad SMARTS) is 1. The molecule has 6 rings (SSSR count). The third-order valence-corrected chi connectivity index (χ3v) is 9.44. The van der Waals surface area contributed by atoms with E-state index in [2.05, 4.69) is 39.8 Å². The number of nitrogens with zero attached hydrogens (tertiary/aromatic N) is 3. The number of aromatic carboxylic acids is 1. The van der Waals surface area contributed by atoms with Gasteiger partial charge in [0, 0.05) is 54.4 Å². The number of piperidine rings is 1. The Morgan fingerprint density at radius 3 is 2.42 bits per heavy atom. The van der Waals surface area contributed by atoms with E-state index in [0.29, 0.717) is 11.5 Å². The topological polar surface area (TPSA) is 75.0 Å². The Kier molecular flexibility index (Phi) is 9.31. The number of anilines is 1. The number of carbonyl (C=O) groups is 2. The molecule has 1 amide bonds. The first-order valence-corrected chi connectivity index (χ1v) is 15.9. The molecule has 0 spiro atoms. The van der Waals surface area contributed by atoms with Crippen molar-refractivity contribution in [3.05, 3.63) is 53.6 Å². The molecule has 1 aromatic heterocycles. The summed E-state index contributed by atoms with van der Waals surface area (Å²) in [5.74, 6) is -0.401. The number of ether oxygens (including phenoxy) is 1. The van der Waals surface area contributed by atoms with Crippen LogP contribution in [0.4, 0.5) is 10.5 Å². The standard InChI is InChI=1S/C35H45N3O4.ClH/c1-35(2,3)42-34(41)37-19-10-9-13-26(37)18-20-36-21-22-38-30-23-25(33(39)40)16-17-27(30)31(24-11-5-4-6-12-24)32(38)28-14-7-8-15-29(28)36;/h7-8,14-17,23-24,26H,4-6,9-13,18-22H2,1-3H3,(H,39,40);1H. The third kappa shape index (κ3) is 6.38. The van der Waals surface area contributed by atoms with E-state index in [4.69, 9.17) is 4.74 Å². The van der Waals surface area contributed by atoms with Crippen LogP contribution in [-0.4, -0.2) is 57.9 Å². The second-order valence-corrected chi connectivity index (χ2v) is 13.4. The maximum atomic E-state index is 13.1. The molecule has 2 aromatic carbocycles. The number of carboxylic acids is 1. The Labute approximate surface area is 261 Å². The highest BCUT2D eigenvalue weighted by molar-refractivity contribution is 5.99. The molecule has 3 heterocycles. The van der Waals surface area contributed by atoms with E-state index in [9.17, 15) is 14.7 Å². The summed E-state index contributed by atoms with van der Waals surface area (Å²) in [5, 5.41) is 11.0. The average molecular weight is 608 g/mol. The number of halogens is 1. The maximum absolute atomic E-state index is 13.1. The van der Waals surface area contributed by atoms with Gasteiger partial charge in [-0.1, -0.05) is 43.5 Å². The molecule has 1 saturated carbocycles. The number of hydrogen-bond donors (Lipinski definition) is 1. The largest absolute Gasteiger partial charge is 0.478 e. The van der Waals surface area contributed by atoms with Gasteiger partial charge in [0.05, 0.1) is 11.3 Å². The number of amides is 1. The Morgan fingerprint density at radius 1 is 0.930 bits per heavy atom. The van der Waals surface area contributed by atoms with Crippen LogP contribution in [-0.2, 0) is 11.3 Å². The van der Waals surface area contributed by atoms with Gasteiger partial charge in [0.25, 0.3) is 0 Å². The molecule has 3 aliphatic rings. The lowest BCUT2D eigenvalue weighted by molar-refractivity contribution is 0.00910. The minimum atomic E-state index is -0.885. The molecule has 1 atom stereocenters. The molecule has 0 radical (unpaired) electrons. The number of benzene rings is 2. The highest BCUT2D eigenvalue weighted by Crippen LogP contribution is 2.47. The summed E-state index contributed by atoms with van der Waals surface area (Å²) < 4.78 is 8.17. The van der Waals surface area contributed by atoms with Crippen molar-refractivity contribution in [3.8, 4) is 11.3 Å². The second-order valence-electron chi connectivity index (χ2n) is 13.4. The number of likely N-dealkylation sites (tertiary alicyclic amines) is 1. The van der Waals surface area contributed by atoms with E-state index in [1.54, 1.807) is 6.07 Å². The molecule has 8 heteroatoms. The van der Waals surface area contributed by atoms with Crippen molar-refractivity contribution >= 4 is 41.1 Å². The molecule has 43 heavy (non-hydrogen) atoms. The fourth-order valence-corrected chi connectivity index (χ4v) is 7.53. The molecule has 1 aliphatic carbocycles. The fraction of sp³-hybridized carbons (Fsp3) is 0.543. The van der Waals surface area contributed by atoms with Gasteiger partial charge in [0.2, 0.25) is 0 Å².